The summed E-state index contributed by atoms with van der Waals surface area (Å²) in [5, 5.41) is 15.2. The second-order valence-electron chi connectivity index (χ2n) is 5.89. The SMILES string of the molecule is CC(C)(C(=O)Nc1ccc(O)c(F)c1)C1CCCNC1. The second-order valence-corrected chi connectivity index (χ2v) is 5.89. The van der Waals surface area contributed by atoms with Gasteiger partial charge in [0.1, 0.15) is 0 Å². The van der Waals surface area contributed by atoms with Crippen LogP contribution in [0.1, 0.15) is 26.7 Å². The number of anilines is 1. The number of rotatable bonds is 3. The van der Waals surface area contributed by atoms with Crippen LogP contribution in [-0.4, -0.2) is 24.1 Å². The third kappa shape index (κ3) is 3.10. The van der Waals surface area contributed by atoms with E-state index in [1.807, 2.05) is 13.8 Å². The molecule has 0 aliphatic carbocycles. The lowest BCUT2D eigenvalue weighted by atomic mass is 9.74. The van der Waals surface area contributed by atoms with Crippen molar-refractivity contribution in [3.05, 3.63) is 24.0 Å². The summed E-state index contributed by atoms with van der Waals surface area (Å²) in [4.78, 5) is 12.4. The average Bonchev–Trinajstić information content (AvgIpc) is 2.44. The number of phenolic OH excluding ortho intramolecular Hbond substituents is 1. The lowest BCUT2D eigenvalue weighted by molar-refractivity contribution is -0.127. The van der Waals surface area contributed by atoms with Gasteiger partial charge in [-0.2, -0.15) is 0 Å². The molecule has 1 heterocycles. The number of carbonyl (C=O) groups is 1. The summed E-state index contributed by atoms with van der Waals surface area (Å²) in [5.41, 5.74) is -0.163. The van der Waals surface area contributed by atoms with E-state index in [4.69, 9.17) is 5.11 Å². The zero-order chi connectivity index (χ0) is 14.8. The number of nitrogens with one attached hydrogen (secondary N) is 2. The van der Waals surface area contributed by atoms with Gasteiger partial charge >= 0.3 is 0 Å². The molecule has 0 aromatic heterocycles. The molecule has 110 valence electrons. The quantitative estimate of drug-likeness (QED) is 0.745. The third-order valence-corrected chi connectivity index (χ3v) is 4.11. The van der Waals surface area contributed by atoms with Gasteiger partial charge in [0.2, 0.25) is 5.91 Å². The van der Waals surface area contributed by atoms with Gasteiger partial charge in [0.25, 0.3) is 0 Å². The summed E-state index contributed by atoms with van der Waals surface area (Å²) in [6.45, 7) is 5.65. The molecular weight excluding hydrogens is 259 g/mol. The molecule has 1 unspecified atom stereocenters. The summed E-state index contributed by atoms with van der Waals surface area (Å²) in [5.74, 6) is -1.02. The molecule has 0 bridgehead atoms. The molecule has 3 N–H and O–H groups in total. The van der Waals surface area contributed by atoms with Gasteiger partial charge in [-0.25, -0.2) is 4.39 Å². The molecule has 1 amide bonds. The first-order chi connectivity index (χ1) is 9.41. The van der Waals surface area contributed by atoms with Crippen molar-refractivity contribution in [3.8, 4) is 5.75 Å². The molecule has 1 aliphatic rings. The molecule has 4 nitrogen and oxygen atoms in total. The van der Waals surface area contributed by atoms with Gasteiger partial charge in [0.15, 0.2) is 11.6 Å². The summed E-state index contributed by atoms with van der Waals surface area (Å²) < 4.78 is 13.3. The standard InChI is InChI=1S/C15H21FN2O2/c1-15(2,10-4-3-7-17-9-10)14(20)18-11-5-6-13(19)12(16)8-11/h5-6,8,10,17,19H,3-4,7,9H2,1-2H3,(H,18,20). The van der Waals surface area contributed by atoms with E-state index in [9.17, 15) is 9.18 Å². The van der Waals surface area contributed by atoms with E-state index in [0.717, 1.165) is 32.0 Å². The van der Waals surface area contributed by atoms with E-state index in [0.29, 0.717) is 5.69 Å². The van der Waals surface area contributed by atoms with E-state index in [-0.39, 0.29) is 11.8 Å². The highest BCUT2D eigenvalue weighted by Crippen LogP contribution is 2.33. The smallest absolute Gasteiger partial charge is 0.230 e. The maximum absolute atomic E-state index is 13.3. The molecule has 1 fully saturated rings. The summed E-state index contributed by atoms with van der Waals surface area (Å²) >= 11 is 0. The van der Waals surface area contributed by atoms with Crippen molar-refractivity contribution in [3.63, 3.8) is 0 Å². The van der Waals surface area contributed by atoms with E-state index < -0.39 is 17.0 Å². The predicted octanol–water partition coefficient (Wildman–Crippen LogP) is 2.50. The monoisotopic (exact) mass is 280 g/mol. The zero-order valence-corrected chi connectivity index (χ0v) is 11.9. The first kappa shape index (κ1) is 14.8. The van der Waals surface area contributed by atoms with Crippen molar-refractivity contribution in [1.29, 1.82) is 0 Å². The first-order valence-corrected chi connectivity index (χ1v) is 6.92. The number of aromatic hydroxyl groups is 1. The Hall–Kier alpha value is -1.62. The van der Waals surface area contributed by atoms with Crippen LogP contribution in [-0.2, 0) is 4.79 Å². The largest absolute Gasteiger partial charge is 0.505 e. The molecule has 5 heteroatoms. The topological polar surface area (TPSA) is 61.4 Å². The molecule has 2 rings (SSSR count). The number of phenols is 1. The second kappa shape index (κ2) is 5.79. The van der Waals surface area contributed by atoms with Crippen molar-refractivity contribution < 1.29 is 14.3 Å². The van der Waals surface area contributed by atoms with Crippen LogP contribution in [0.3, 0.4) is 0 Å². The molecule has 0 saturated carbocycles. The van der Waals surface area contributed by atoms with Gasteiger partial charge in [-0.05, 0) is 44.0 Å². The number of carbonyl (C=O) groups excluding carboxylic acids is 1. The highest BCUT2D eigenvalue weighted by atomic mass is 19.1. The van der Waals surface area contributed by atoms with E-state index in [1.54, 1.807) is 0 Å². The van der Waals surface area contributed by atoms with Crippen LogP contribution in [0.4, 0.5) is 10.1 Å². The maximum Gasteiger partial charge on any atom is 0.230 e. The minimum Gasteiger partial charge on any atom is -0.505 e. The highest BCUT2D eigenvalue weighted by Gasteiger charge is 2.37. The van der Waals surface area contributed by atoms with Crippen LogP contribution in [0.2, 0.25) is 0 Å². The van der Waals surface area contributed by atoms with Gasteiger partial charge in [-0.15, -0.1) is 0 Å². The zero-order valence-electron chi connectivity index (χ0n) is 11.9. The fourth-order valence-electron chi connectivity index (χ4n) is 2.53. The van der Waals surface area contributed by atoms with Crippen LogP contribution in [0.25, 0.3) is 0 Å². The summed E-state index contributed by atoms with van der Waals surface area (Å²) in [6, 6.07) is 3.86. The first-order valence-electron chi connectivity index (χ1n) is 6.92. The molecule has 1 aliphatic heterocycles. The number of piperidine rings is 1. The number of hydrogen-bond donors (Lipinski definition) is 3. The van der Waals surface area contributed by atoms with E-state index in [2.05, 4.69) is 10.6 Å². The van der Waals surface area contributed by atoms with Gasteiger partial charge < -0.3 is 15.7 Å². The molecule has 20 heavy (non-hydrogen) atoms. The Kier molecular flexibility index (Phi) is 4.28. The Morgan fingerprint density at radius 3 is 2.85 bits per heavy atom. The molecule has 1 aromatic rings. The lowest BCUT2D eigenvalue weighted by Crippen LogP contribution is -2.44. The van der Waals surface area contributed by atoms with Crippen LogP contribution in [0.5, 0.6) is 5.75 Å². The van der Waals surface area contributed by atoms with Crippen molar-refractivity contribution in [2.75, 3.05) is 18.4 Å². The number of hydrogen-bond acceptors (Lipinski definition) is 3. The van der Waals surface area contributed by atoms with Crippen molar-refractivity contribution in [1.82, 2.24) is 5.32 Å². The Balaban J connectivity index is 2.07. The fraction of sp³-hybridized carbons (Fsp3) is 0.533. The Morgan fingerprint density at radius 1 is 1.50 bits per heavy atom. The molecule has 1 saturated heterocycles. The minimum atomic E-state index is -0.736. The van der Waals surface area contributed by atoms with E-state index in [1.165, 1.54) is 12.1 Å². The van der Waals surface area contributed by atoms with Gasteiger partial charge in [-0.3, -0.25) is 4.79 Å². The Labute approximate surface area is 118 Å². The van der Waals surface area contributed by atoms with Crippen molar-refractivity contribution in [2.24, 2.45) is 11.3 Å². The number of halogens is 1. The third-order valence-electron chi connectivity index (χ3n) is 4.11. The van der Waals surface area contributed by atoms with E-state index >= 15 is 0 Å². The minimum absolute atomic E-state index is 0.128. The Bertz CT molecular complexity index is 497. The average molecular weight is 280 g/mol. The summed E-state index contributed by atoms with van der Waals surface area (Å²) in [7, 11) is 0. The molecule has 0 spiro atoms. The van der Waals surface area contributed by atoms with Gasteiger partial charge in [0.05, 0.1) is 0 Å². The molecular formula is C15H21FN2O2. The highest BCUT2D eigenvalue weighted by molar-refractivity contribution is 5.95. The summed E-state index contributed by atoms with van der Waals surface area (Å²) in [6.07, 6.45) is 2.08. The van der Waals surface area contributed by atoms with Gasteiger partial charge in [-0.1, -0.05) is 13.8 Å². The molecule has 0 radical (unpaired) electrons. The van der Waals surface area contributed by atoms with Crippen LogP contribution in [0, 0.1) is 17.2 Å². The van der Waals surface area contributed by atoms with Gasteiger partial charge in [0, 0.05) is 17.2 Å². The normalized spacial score (nSPS) is 19.6. The molecule has 1 atom stereocenters. The lowest BCUT2D eigenvalue weighted by Gasteiger charge is -2.36. The fourth-order valence-corrected chi connectivity index (χ4v) is 2.53. The van der Waals surface area contributed by atoms with Crippen molar-refractivity contribution in [2.45, 2.75) is 26.7 Å². The van der Waals surface area contributed by atoms with Crippen LogP contribution >= 0.6 is 0 Å². The number of amides is 1. The Morgan fingerprint density at radius 2 is 2.25 bits per heavy atom. The molecule has 1 aromatic carbocycles. The predicted molar refractivity (Wildman–Crippen MR) is 76.1 cm³/mol. The number of benzene rings is 1. The van der Waals surface area contributed by atoms with Crippen LogP contribution < -0.4 is 10.6 Å². The van der Waals surface area contributed by atoms with Crippen molar-refractivity contribution >= 4 is 11.6 Å². The van der Waals surface area contributed by atoms with Crippen LogP contribution in [0.15, 0.2) is 18.2 Å². The maximum atomic E-state index is 13.3.